The molecule has 0 aliphatic carbocycles. The highest BCUT2D eigenvalue weighted by Gasteiger charge is 2.21. The molecule has 2 heterocycles. The van der Waals surface area contributed by atoms with Crippen LogP contribution in [0, 0.1) is 0 Å². The van der Waals surface area contributed by atoms with E-state index in [1.165, 1.54) is 24.2 Å². The lowest BCUT2D eigenvalue weighted by molar-refractivity contribution is -0.502. The maximum Gasteiger partial charge on any atom is 0.199 e. The lowest BCUT2D eigenvalue weighted by atomic mass is 10.1. The Morgan fingerprint density at radius 2 is 2.29 bits per heavy atom. The Labute approximate surface area is 103 Å². The number of aromatic nitrogens is 1. The third-order valence-corrected chi connectivity index (χ3v) is 2.75. The zero-order valence-corrected chi connectivity index (χ0v) is 11.0. The standard InChI is InChI=1S/C11H17N2.HI/c1-3-5-10-11-6-4-7-13(11)9-8-12(10)2;/h4,6-7H,3,5,8-9H2,1-2H3;1H/q+1;/p-1. The summed E-state index contributed by atoms with van der Waals surface area (Å²) in [6.45, 7) is 4.52. The van der Waals surface area contributed by atoms with Crippen molar-refractivity contribution in [2.24, 2.45) is 0 Å². The molecule has 0 fully saturated rings. The summed E-state index contributed by atoms with van der Waals surface area (Å²) < 4.78 is 4.74. The second kappa shape index (κ2) is 4.96. The van der Waals surface area contributed by atoms with Crippen molar-refractivity contribution in [3.63, 3.8) is 0 Å². The first kappa shape index (κ1) is 11.8. The van der Waals surface area contributed by atoms with Crippen LogP contribution in [0.2, 0.25) is 0 Å². The Morgan fingerprint density at radius 1 is 1.50 bits per heavy atom. The first-order valence-electron chi connectivity index (χ1n) is 5.05. The number of likely N-dealkylation sites (N-methyl/N-ethyl adjacent to an activating group) is 1. The van der Waals surface area contributed by atoms with E-state index in [-0.39, 0.29) is 24.0 Å². The monoisotopic (exact) mass is 304 g/mol. The van der Waals surface area contributed by atoms with Crippen LogP contribution in [0.1, 0.15) is 25.5 Å². The Hall–Kier alpha value is -0.320. The van der Waals surface area contributed by atoms with Crippen LogP contribution in [0.15, 0.2) is 18.3 Å². The number of hydrogen-bond acceptors (Lipinski definition) is 0. The van der Waals surface area contributed by atoms with E-state index in [1.54, 1.807) is 0 Å². The van der Waals surface area contributed by atoms with E-state index in [2.05, 4.69) is 41.4 Å². The molecular formula is C11H17IN2. The maximum atomic E-state index is 2.39. The van der Waals surface area contributed by atoms with Crippen molar-refractivity contribution in [2.45, 2.75) is 26.3 Å². The zero-order chi connectivity index (χ0) is 9.26. The minimum absolute atomic E-state index is 0. The molecule has 78 valence electrons. The van der Waals surface area contributed by atoms with Gasteiger partial charge in [0.2, 0.25) is 0 Å². The average molecular weight is 304 g/mol. The topological polar surface area (TPSA) is 7.94 Å². The molecule has 0 atom stereocenters. The molecular weight excluding hydrogens is 287 g/mol. The normalized spacial score (nSPS) is 15.0. The molecule has 0 spiro atoms. The Kier molecular flexibility index (Phi) is 4.16. The Bertz CT molecular complexity index is 339. The highest BCUT2D eigenvalue weighted by atomic mass is 127. The summed E-state index contributed by atoms with van der Waals surface area (Å²) in [5.41, 5.74) is 2.91. The van der Waals surface area contributed by atoms with E-state index in [0.29, 0.717) is 0 Å². The van der Waals surface area contributed by atoms with Gasteiger partial charge in [-0.1, -0.05) is 6.92 Å². The molecule has 1 aromatic heterocycles. The van der Waals surface area contributed by atoms with Crippen molar-refractivity contribution in [3.8, 4) is 0 Å². The quantitative estimate of drug-likeness (QED) is 0.476. The van der Waals surface area contributed by atoms with Gasteiger partial charge in [-0.3, -0.25) is 0 Å². The first-order valence-corrected chi connectivity index (χ1v) is 5.05. The van der Waals surface area contributed by atoms with Gasteiger partial charge in [-0.2, -0.15) is 0 Å². The van der Waals surface area contributed by atoms with Crippen LogP contribution in [0.4, 0.5) is 0 Å². The molecule has 14 heavy (non-hydrogen) atoms. The molecule has 0 bridgehead atoms. The number of halogens is 1. The van der Waals surface area contributed by atoms with Gasteiger partial charge in [0.05, 0.1) is 6.54 Å². The largest absolute Gasteiger partial charge is 1.00 e. The van der Waals surface area contributed by atoms with Gasteiger partial charge < -0.3 is 28.5 Å². The van der Waals surface area contributed by atoms with Crippen LogP contribution < -0.4 is 24.0 Å². The number of rotatable bonds is 2. The predicted molar refractivity (Wildman–Crippen MR) is 54.5 cm³/mol. The molecule has 0 unspecified atom stereocenters. The summed E-state index contributed by atoms with van der Waals surface area (Å²) in [5.74, 6) is 0. The minimum atomic E-state index is 0. The van der Waals surface area contributed by atoms with Crippen molar-refractivity contribution in [3.05, 3.63) is 24.0 Å². The lowest BCUT2D eigenvalue weighted by Gasteiger charge is -2.15. The maximum absolute atomic E-state index is 2.39. The molecule has 1 aliphatic heterocycles. The molecule has 0 aromatic carbocycles. The van der Waals surface area contributed by atoms with Crippen LogP contribution in [0.25, 0.3) is 0 Å². The minimum Gasteiger partial charge on any atom is -1.00 e. The highest BCUT2D eigenvalue weighted by molar-refractivity contribution is 5.95. The smallest absolute Gasteiger partial charge is 0.199 e. The van der Waals surface area contributed by atoms with E-state index in [0.717, 1.165) is 13.1 Å². The van der Waals surface area contributed by atoms with Gasteiger partial charge in [0.15, 0.2) is 12.3 Å². The van der Waals surface area contributed by atoms with Gasteiger partial charge in [-0.05, 0) is 18.6 Å². The van der Waals surface area contributed by atoms with Crippen LogP contribution in [-0.4, -0.2) is 28.4 Å². The van der Waals surface area contributed by atoms with Crippen molar-refractivity contribution in [1.82, 2.24) is 4.57 Å². The van der Waals surface area contributed by atoms with Crippen molar-refractivity contribution < 1.29 is 28.6 Å². The molecule has 2 rings (SSSR count). The fraction of sp³-hybridized carbons (Fsp3) is 0.545. The third kappa shape index (κ3) is 2.02. The third-order valence-electron chi connectivity index (χ3n) is 2.75. The second-order valence-corrected chi connectivity index (χ2v) is 3.71. The predicted octanol–water partition coefficient (Wildman–Crippen LogP) is -1.26. The van der Waals surface area contributed by atoms with Crippen LogP contribution in [0.3, 0.4) is 0 Å². The molecule has 0 radical (unpaired) electrons. The summed E-state index contributed by atoms with van der Waals surface area (Å²) in [6.07, 6.45) is 4.60. The molecule has 2 nitrogen and oxygen atoms in total. The molecule has 0 amide bonds. The summed E-state index contributed by atoms with van der Waals surface area (Å²) in [5, 5.41) is 0. The Morgan fingerprint density at radius 3 is 3.00 bits per heavy atom. The summed E-state index contributed by atoms with van der Waals surface area (Å²) >= 11 is 0. The summed E-state index contributed by atoms with van der Waals surface area (Å²) in [6, 6.07) is 4.37. The summed E-state index contributed by atoms with van der Waals surface area (Å²) in [4.78, 5) is 0. The van der Waals surface area contributed by atoms with Crippen LogP contribution in [0.5, 0.6) is 0 Å². The number of fused-ring (bicyclic) bond motifs is 1. The van der Waals surface area contributed by atoms with Crippen molar-refractivity contribution >= 4 is 5.71 Å². The summed E-state index contributed by atoms with van der Waals surface area (Å²) in [7, 11) is 2.20. The van der Waals surface area contributed by atoms with Gasteiger partial charge in [-0.25, -0.2) is 4.58 Å². The van der Waals surface area contributed by atoms with Gasteiger partial charge in [0.25, 0.3) is 0 Å². The van der Waals surface area contributed by atoms with E-state index >= 15 is 0 Å². The number of nitrogens with zero attached hydrogens (tertiary/aromatic N) is 2. The van der Waals surface area contributed by atoms with Crippen molar-refractivity contribution in [1.29, 1.82) is 0 Å². The van der Waals surface area contributed by atoms with Crippen molar-refractivity contribution in [2.75, 3.05) is 13.6 Å². The van der Waals surface area contributed by atoms with Crippen LogP contribution >= 0.6 is 0 Å². The van der Waals surface area contributed by atoms with E-state index < -0.39 is 0 Å². The second-order valence-electron chi connectivity index (χ2n) is 3.71. The highest BCUT2D eigenvalue weighted by Crippen LogP contribution is 2.11. The molecule has 1 aromatic rings. The molecule has 3 heteroatoms. The average Bonchev–Trinajstić information content (AvgIpc) is 2.58. The first-order chi connectivity index (χ1) is 6.33. The SMILES string of the molecule is CCCC1=[N+](C)CCn2cccc21.[I-]. The van der Waals surface area contributed by atoms with Gasteiger partial charge in [0, 0.05) is 12.6 Å². The van der Waals surface area contributed by atoms with Gasteiger partial charge in [0.1, 0.15) is 12.7 Å². The lowest BCUT2D eigenvalue weighted by Crippen LogP contribution is -3.00. The van der Waals surface area contributed by atoms with Gasteiger partial charge >= 0.3 is 0 Å². The molecule has 0 N–H and O–H groups in total. The molecule has 0 saturated heterocycles. The zero-order valence-electron chi connectivity index (χ0n) is 8.83. The van der Waals surface area contributed by atoms with Gasteiger partial charge in [-0.15, -0.1) is 0 Å². The molecule has 1 aliphatic rings. The van der Waals surface area contributed by atoms with E-state index in [1.807, 2.05) is 0 Å². The van der Waals surface area contributed by atoms with E-state index in [9.17, 15) is 0 Å². The Balaban J connectivity index is 0.000000980. The fourth-order valence-corrected chi connectivity index (χ4v) is 2.02. The molecule has 0 saturated carbocycles. The fourth-order valence-electron chi connectivity index (χ4n) is 2.02. The van der Waals surface area contributed by atoms with E-state index in [4.69, 9.17) is 0 Å². The van der Waals surface area contributed by atoms with Crippen LogP contribution in [-0.2, 0) is 6.54 Å². The number of hydrogen-bond donors (Lipinski definition) is 0.